The maximum atomic E-state index is 12.9. The summed E-state index contributed by atoms with van der Waals surface area (Å²) in [5.41, 5.74) is -0.325. The highest BCUT2D eigenvalue weighted by molar-refractivity contribution is 7.94. The van der Waals surface area contributed by atoms with Crippen LogP contribution < -0.4 is 10.5 Å². The van der Waals surface area contributed by atoms with E-state index in [1.54, 1.807) is 12.1 Å². The molecule has 0 unspecified atom stereocenters. The molecule has 0 saturated heterocycles. The lowest BCUT2D eigenvalue weighted by Crippen LogP contribution is -2.30. The molecule has 4 N–H and O–H groups in total. The Morgan fingerprint density at radius 1 is 1.04 bits per heavy atom. The molecule has 0 aliphatic heterocycles. The Balaban J connectivity index is 2.82. The number of anilines is 1. The molecule has 0 aliphatic rings. The normalized spacial score (nSPS) is 13.5. The number of hydrogen-bond acceptors (Lipinski definition) is 8. The van der Waals surface area contributed by atoms with Gasteiger partial charge < -0.3 is 9.73 Å². The molecule has 2 aromatic rings. The molecular weight excluding hydrogens is 432 g/mol. The molecule has 1 aromatic carbocycles. The summed E-state index contributed by atoms with van der Waals surface area (Å²) >= 11 is 0. The van der Waals surface area contributed by atoms with Crippen LogP contribution >= 0.6 is 0 Å². The number of rotatable bonds is 6. The van der Waals surface area contributed by atoms with Crippen LogP contribution in [0.25, 0.3) is 0 Å². The van der Waals surface area contributed by atoms with E-state index in [0.29, 0.717) is 11.8 Å². The lowest BCUT2D eigenvalue weighted by atomic mass is 10.3. The van der Waals surface area contributed by atoms with E-state index in [0.717, 1.165) is 6.07 Å². The smallest absolute Gasteiger partial charge is 0.296 e. The molecule has 1 aromatic heterocycles. The predicted molar refractivity (Wildman–Crippen MR) is 101 cm³/mol. The van der Waals surface area contributed by atoms with Crippen LogP contribution in [0.4, 0.5) is 5.69 Å². The SMILES string of the molecule is CC(C)(C)S(=O)(=O)c1cc(NCc2ccco2)c(S(=O)(=O)O)cc1S(N)(=O)=O. The quantitative estimate of drug-likeness (QED) is 0.546. The van der Waals surface area contributed by atoms with Crippen molar-refractivity contribution in [2.45, 2.75) is 46.7 Å². The Bertz CT molecular complexity index is 1190. The topological polar surface area (TPSA) is 174 Å². The molecule has 0 saturated carbocycles. The van der Waals surface area contributed by atoms with Crippen LogP contribution in [0.3, 0.4) is 0 Å². The van der Waals surface area contributed by atoms with Gasteiger partial charge in [0.05, 0.1) is 28.1 Å². The van der Waals surface area contributed by atoms with E-state index in [9.17, 15) is 29.8 Å². The minimum atomic E-state index is -4.91. The molecule has 0 spiro atoms. The highest BCUT2D eigenvalue weighted by Gasteiger charge is 2.37. The van der Waals surface area contributed by atoms with Crippen molar-refractivity contribution in [3.05, 3.63) is 36.3 Å². The summed E-state index contributed by atoms with van der Waals surface area (Å²) in [7, 11) is -13.8. The number of primary sulfonamides is 1. The molecule has 10 nitrogen and oxygen atoms in total. The highest BCUT2D eigenvalue weighted by Crippen LogP contribution is 2.35. The summed E-state index contributed by atoms with van der Waals surface area (Å²) in [6, 6.07) is 4.51. The molecule has 0 radical (unpaired) electrons. The van der Waals surface area contributed by atoms with Gasteiger partial charge in [-0.2, -0.15) is 8.42 Å². The fraction of sp³-hybridized carbons (Fsp3) is 0.333. The van der Waals surface area contributed by atoms with Gasteiger partial charge >= 0.3 is 0 Å². The van der Waals surface area contributed by atoms with Crippen LogP contribution in [-0.2, 0) is 36.5 Å². The number of nitrogens with two attached hydrogens (primary N) is 1. The van der Waals surface area contributed by atoms with Gasteiger partial charge in [0.15, 0.2) is 9.84 Å². The van der Waals surface area contributed by atoms with E-state index in [1.807, 2.05) is 0 Å². The second kappa shape index (κ2) is 7.15. The fourth-order valence-electron chi connectivity index (χ4n) is 2.25. The van der Waals surface area contributed by atoms with E-state index >= 15 is 0 Å². The molecule has 156 valence electrons. The van der Waals surface area contributed by atoms with Crippen LogP contribution in [0, 0.1) is 0 Å². The number of sulfone groups is 1. The third kappa shape index (κ3) is 4.55. The number of hydrogen-bond donors (Lipinski definition) is 3. The Morgan fingerprint density at radius 2 is 1.64 bits per heavy atom. The summed E-state index contributed by atoms with van der Waals surface area (Å²) in [5, 5.41) is 7.74. The number of benzene rings is 1. The van der Waals surface area contributed by atoms with E-state index in [4.69, 9.17) is 9.56 Å². The van der Waals surface area contributed by atoms with E-state index in [1.165, 1.54) is 27.0 Å². The second-order valence-electron chi connectivity index (χ2n) is 6.86. The third-order valence-corrected chi connectivity index (χ3v) is 8.26. The number of nitrogens with one attached hydrogen (secondary N) is 1. The summed E-state index contributed by atoms with van der Waals surface area (Å²) in [4.78, 5) is -2.45. The van der Waals surface area contributed by atoms with E-state index in [-0.39, 0.29) is 12.2 Å². The van der Waals surface area contributed by atoms with Crippen LogP contribution in [0.5, 0.6) is 0 Å². The zero-order chi connectivity index (χ0) is 21.5. The summed E-state index contributed by atoms with van der Waals surface area (Å²) in [6.45, 7) is 3.99. The zero-order valence-corrected chi connectivity index (χ0v) is 17.7. The van der Waals surface area contributed by atoms with Gasteiger partial charge in [-0.3, -0.25) is 4.55 Å². The fourth-order valence-corrected chi connectivity index (χ4v) is 5.56. The second-order valence-corrected chi connectivity index (χ2v) is 12.5. The standard InChI is InChI=1S/C15H20N2O8S3/c1-15(2,3)26(18,19)13-7-11(17-9-10-5-4-6-25-10)12(28(22,23)24)8-14(13)27(16,20)21/h4-8,17H,9H2,1-3H3,(H2,16,20,21)(H,22,23,24). The van der Waals surface area contributed by atoms with Gasteiger partial charge in [0.2, 0.25) is 10.0 Å². The van der Waals surface area contributed by atoms with E-state index < -0.39 is 49.4 Å². The monoisotopic (exact) mass is 452 g/mol. The average Bonchev–Trinajstić information content (AvgIpc) is 3.02. The van der Waals surface area contributed by atoms with Crippen molar-refractivity contribution in [3.63, 3.8) is 0 Å². The van der Waals surface area contributed by atoms with Crippen molar-refractivity contribution >= 4 is 35.7 Å². The third-order valence-electron chi connectivity index (χ3n) is 3.76. The Kier molecular flexibility index (Phi) is 5.71. The molecule has 2 rings (SSSR count). The molecule has 0 aliphatic carbocycles. The first-order valence-electron chi connectivity index (χ1n) is 7.74. The van der Waals surface area contributed by atoms with Crippen molar-refractivity contribution in [2.75, 3.05) is 5.32 Å². The molecule has 0 atom stereocenters. The zero-order valence-electron chi connectivity index (χ0n) is 15.2. The van der Waals surface area contributed by atoms with Gasteiger partial charge in [0.25, 0.3) is 10.1 Å². The van der Waals surface area contributed by atoms with Crippen molar-refractivity contribution in [1.82, 2.24) is 0 Å². The Hall–Kier alpha value is -1.93. The van der Waals surface area contributed by atoms with Gasteiger partial charge in [-0.25, -0.2) is 22.0 Å². The molecular formula is C15H20N2O8S3. The summed E-state index contributed by atoms with van der Waals surface area (Å²) < 4.78 is 86.4. The lowest BCUT2D eigenvalue weighted by molar-refractivity contribution is 0.482. The summed E-state index contributed by atoms with van der Waals surface area (Å²) in [6.07, 6.45) is 1.38. The maximum absolute atomic E-state index is 12.9. The van der Waals surface area contributed by atoms with Gasteiger partial charge in [-0.1, -0.05) is 0 Å². The van der Waals surface area contributed by atoms with Gasteiger partial charge in [0.1, 0.15) is 15.6 Å². The van der Waals surface area contributed by atoms with Crippen LogP contribution in [0.1, 0.15) is 26.5 Å². The van der Waals surface area contributed by atoms with Crippen LogP contribution in [0.2, 0.25) is 0 Å². The average molecular weight is 453 g/mol. The largest absolute Gasteiger partial charge is 0.467 e. The van der Waals surface area contributed by atoms with Gasteiger partial charge in [-0.15, -0.1) is 0 Å². The molecule has 28 heavy (non-hydrogen) atoms. The van der Waals surface area contributed by atoms with Gasteiger partial charge in [-0.05, 0) is 45.0 Å². The Labute approximate surface area is 163 Å². The molecule has 13 heteroatoms. The molecule has 0 amide bonds. The molecule has 0 bridgehead atoms. The summed E-state index contributed by atoms with van der Waals surface area (Å²) in [5.74, 6) is 0.386. The molecule has 0 fully saturated rings. The minimum Gasteiger partial charge on any atom is -0.467 e. The maximum Gasteiger partial charge on any atom is 0.296 e. The first-order chi connectivity index (χ1) is 12.5. The van der Waals surface area contributed by atoms with E-state index in [2.05, 4.69) is 5.32 Å². The van der Waals surface area contributed by atoms with Gasteiger partial charge in [0, 0.05) is 0 Å². The highest BCUT2D eigenvalue weighted by atomic mass is 32.2. The van der Waals surface area contributed by atoms with Crippen molar-refractivity contribution < 1.29 is 34.2 Å². The first kappa shape index (κ1) is 22.4. The van der Waals surface area contributed by atoms with Crippen molar-refractivity contribution in [2.24, 2.45) is 5.14 Å². The minimum absolute atomic E-state index is 0.0563. The number of sulfonamides is 1. The van der Waals surface area contributed by atoms with Crippen LogP contribution in [0.15, 0.2) is 49.6 Å². The van der Waals surface area contributed by atoms with Crippen molar-refractivity contribution in [3.8, 4) is 0 Å². The van der Waals surface area contributed by atoms with Crippen molar-refractivity contribution in [1.29, 1.82) is 0 Å². The van der Waals surface area contributed by atoms with Crippen LogP contribution in [-0.4, -0.2) is 34.6 Å². The molecule has 1 heterocycles. The Morgan fingerprint density at radius 3 is 2.07 bits per heavy atom. The lowest BCUT2D eigenvalue weighted by Gasteiger charge is -2.22. The predicted octanol–water partition coefficient (Wildman–Crippen LogP) is 1.36. The first-order valence-corrected chi connectivity index (χ1v) is 12.2. The number of furan rings is 1.